The lowest BCUT2D eigenvalue weighted by atomic mass is 9.88. The van der Waals surface area contributed by atoms with E-state index in [-0.39, 0.29) is 17.7 Å². The van der Waals surface area contributed by atoms with E-state index in [9.17, 15) is 9.59 Å². The van der Waals surface area contributed by atoms with Gasteiger partial charge in [0.2, 0.25) is 11.8 Å². The van der Waals surface area contributed by atoms with Crippen molar-refractivity contribution in [3.8, 4) is 0 Å². The van der Waals surface area contributed by atoms with E-state index in [1.807, 2.05) is 0 Å². The molecule has 1 fully saturated rings. The summed E-state index contributed by atoms with van der Waals surface area (Å²) in [6, 6.07) is 0. The molecule has 0 aromatic carbocycles. The summed E-state index contributed by atoms with van der Waals surface area (Å²) in [4.78, 5) is 22.2. The predicted octanol–water partition coefficient (Wildman–Crippen LogP) is 1.30. The number of amides is 2. The lowest BCUT2D eigenvalue weighted by Gasteiger charge is -2.26. The minimum atomic E-state index is -0.542. The van der Waals surface area contributed by atoms with Gasteiger partial charge in [-0.3, -0.25) is 14.9 Å². The number of rotatable bonds is 2. The van der Waals surface area contributed by atoms with Gasteiger partial charge in [0.1, 0.15) is 5.38 Å². The molecule has 0 spiro atoms. The average molecular weight is 204 g/mol. The van der Waals surface area contributed by atoms with Crippen molar-refractivity contribution in [2.24, 2.45) is 11.8 Å². The topological polar surface area (TPSA) is 46.2 Å². The summed E-state index contributed by atoms with van der Waals surface area (Å²) < 4.78 is 0. The number of hydrogen-bond donors (Lipinski definition) is 1. The maximum atomic E-state index is 11.1. The van der Waals surface area contributed by atoms with Crippen molar-refractivity contribution >= 4 is 23.4 Å². The van der Waals surface area contributed by atoms with E-state index in [0.29, 0.717) is 12.3 Å². The molecule has 0 bridgehead atoms. The van der Waals surface area contributed by atoms with Gasteiger partial charge in [0.05, 0.1) is 0 Å². The number of piperidine rings is 1. The van der Waals surface area contributed by atoms with Crippen molar-refractivity contribution in [2.75, 3.05) is 0 Å². The van der Waals surface area contributed by atoms with E-state index in [1.165, 1.54) is 0 Å². The van der Waals surface area contributed by atoms with Crippen molar-refractivity contribution in [1.29, 1.82) is 0 Å². The Morgan fingerprint density at radius 3 is 2.69 bits per heavy atom. The molecule has 0 aliphatic carbocycles. The van der Waals surface area contributed by atoms with Crippen LogP contribution in [0.15, 0.2) is 0 Å². The second-order valence-electron chi connectivity index (χ2n) is 3.91. The Kier molecular flexibility index (Phi) is 3.31. The van der Waals surface area contributed by atoms with Crippen molar-refractivity contribution in [1.82, 2.24) is 5.32 Å². The molecule has 1 aliphatic heterocycles. The number of imide groups is 1. The number of alkyl halides is 1. The molecule has 74 valence electrons. The van der Waals surface area contributed by atoms with E-state index in [2.05, 4.69) is 19.2 Å². The molecular weight excluding hydrogens is 190 g/mol. The molecule has 0 radical (unpaired) electrons. The minimum absolute atomic E-state index is 0.00270. The van der Waals surface area contributed by atoms with Gasteiger partial charge in [-0.05, 0) is 18.3 Å². The number of carbonyl (C=O) groups is 2. The first-order chi connectivity index (χ1) is 6.00. The molecule has 3 nitrogen and oxygen atoms in total. The first kappa shape index (κ1) is 10.5. The largest absolute Gasteiger partial charge is 0.295 e. The molecule has 2 amide bonds. The Balaban J connectivity index is 2.61. The van der Waals surface area contributed by atoms with Crippen LogP contribution in [-0.4, -0.2) is 17.2 Å². The van der Waals surface area contributed by atoms with Gasteiger partial charge >= 0.3 is 0 Å². The van der Waals surface area contributed by atoms with Crippen LogP contribution in [0.2, 0.25) is 0 Å². The molecule has 2 atom stereocenters. The van der Waals surface area contributed by atoms with E-state index in [4.69, 9.17) is 11.6 Å². The van der Waals surface area contributed by atoms with Crippen LogP contribution < -0.4 is 5.32 Å². The fraction of sp³-hybridized carbons (Fsp3) is 0.778. The first-order valence-corrected chi connectivity index (χ1v) is 4.92. The summed E-state index contributed by atoms with van der Waals surface area (Å²) in [7, 11) is 0. The highest BCUT2D eigenvalue weighted by atomic mass is 35.5. The minimum Gasteiger partial charge on any atom is -0.295 e. The Morgan fingerprint density at radius 1 is 1.54 bits per heavy atom. The molecule has 1 heterocycles. The fourth-order valence-corrected chi connectivity index (χ4v) is 1.87. The highest BCUT2D eigenvalue weighted by Gasteiger charge is 2.34. The smallest absolute Gasteiger partial charge is 0.244 e. The molecule has 1 rings (SSSR count). The zero-order chi connectivity index (χ0) is 10.0. The molecule has 1 aliphatic rings. The van der Waals surface area contributed by atoms with E-state index >= 15 is 0 Å². The molecule has 2 unspecified atom stereocenters. The lowest BCUT2D eigenvalue weighted by Crippen LogP contribution is -2.46. The van der Waals surface area contributed by atoms with Crippen molar-refractivity contribution in [3.63, 3.8) is 0 Å². The molecule has 1 N–H and O–H groups in total. The summed E-state index contributed by atoms with van der Waals surface area (Å²) in [5, 5.41) is 1.68. The van der Waals surface area contributed by atoms with Gasteiger partial charge in [-0.25, -0.2) is 0 Å². The van der Waals surface area contributed by atoms with Crippen LogP contribution in [0.3, 0.4) is 0 Å². The fourth-order valence-electron chi connectivity index (χ4n) is 1.62. The Hall–Kier alpha value is -0.570. The summed E-state index contributed by atoms with van der Waals surface area (Å²) in [5.74, 6) is -0.0796. The maximum absolute atomic E-state index is 11.1. The monoisotopic (exact) mass is 203 g/mol. The second-order valence-corrected chi connectivity index (χ2v) is 4.38. The molecular formula is C9H14ClNO2. The second kappa shape index (κ2) is 4.09. The van der Waals surface area contributed by atoms with Crippen LogP contribution in [0, 0.1) is 11.8 Å². The lowest BCUT2D eigenvalue weighted by molar-refractivity contribution is -0.134. The van der Waals surface area contributed by atoms with Gasteiger partial charge in [-0.2, -0.15) is 0 Å². The van der Waals surface area contributed by atoms with E-state index < -0.39 is 5.38 Å². The normalized spacial score (nSPS) is 29.2. The highest BCUT2D eigenvalue weighted by Crippen LogP contribution is 2.26. The summed E-state index contributed by atoms with van der Waals surface area (Å²) in [6.45, 7) is 4.11. The zero-order valence-electron chi connectivity index (χ0n) is 7.84. The number of hydrogen-bond acceptors (Lipinski definition) is 2. The van der Waals surface area contributed by atoms with Crippen LogP contribution in [-0.2, 0) is 9.59 Å². The third-order valence-corrected chi connectivity index (χ3v) is 2.70. The van der Waals surface area contributed by atoms with Gasteiger partial charge in [0, 0.05) is 6.42 Å². The number of nitrogens with one attached hydrogen (secondary N) is 1. The summed E-state index contributed by atoms with van der Waals surface area (Å²) in [6.07, 6.45) is 1.20. The van der Waals surface area contributed by atoms with Crippen LogP contribution >= 0.6 is 11.6 Å². The molecule has 13 heavy (non-hydrogen) atoms. The van der Waals surface area contributed by atoms with Gasteiger partial charge in [0.25, 0.3) is 0 Å². The maximum Gasteiger partial charge on any atom is 0.244 e. The summed E-state index contributed by atoms with van der Waals surface area (Å²) >= 11 is 5.88. The standard InChI is InChI=1S/C9H14ClNO2/c1-5(2)3-6-4-7(12)11-9(13)8(6)10/h5-6,8H,3-4H2,1-2H3,(H,11,12,13). The predicted molar refractivity (Wildman–Crippen MR) is 50.4 cm³/mol. The Morgan fingerprint density at radius 2 is 2.15 bits per heavy atom. The zero-order valence-corrected chi connectivity index (χ0v) is 8.60. The molecule has 0 aromatic rings. The van der Waals surface area contributed by atoms with Gasteiger partial charge in [0.15, 0.2) is 0 Å². The Bertz CT molecular complexity index is 228. The van der Waals surface area contributed by atoms with Crippen LogP contribution in [0.1, 0.15) is 26.7 Å². The first-order valence-electron chi connectivity index (χ1n) is 4.48. The quantitative estimate of drug-likeness (QED) is 0.543. The van der Waals surface area contributed by atoms with Gasteiger partial charge in [-0.1, -0.05) is 13.8 Å². The third kappa shape index (κ3) is 2.69. The van der Waals surface area contributed by atoms with Gasteiger partial charge < -0.3 is 0 Å². The number of halogens is 1. The molecule has 0 aromatic heterocycles. The van der Waals surface area contributed by atoms with Crippen LogP contribution in [0.25, 0.3) is 0 Å². The van der Waals surface area contributed by atoms with Crippen LogP contribution in [0.4, 0.5) is 0 Å². The average Bonchev–Trinajstić information content (AvgIpc) is 1.98. The van der Waals surface area contributed by atoms with Crippen LogP contribution in [0.5, 0.6) is 0 Å². The third-order valence-electron chi connectivity index (χ3n) is 2.15. The van der Waals surface area contributed by atoms with E-state index in [0.717, 1.165) is 6.42 Å². The van der Waals surface area contributed by atoms with E-state index in [1.54, 1.807) is 0 Å². The molecule has 1 saturated heterocycles. The highest BCUT2D eigenvalue weighted by molar-refractivity contribution is 6.33. The SMILES string of the molecule is CC(C)CC1CC(=O)NC(=O)C1Cl. The summed E-state index contributed by atoms with van der Waals surface area (Å²) in [5.41, 5.74) is 0. The number of carbonyl (C=O) groups excluding carboxylic acids is 2. The molecule has 4 heteroatoms. The van der Waals surface area contributed by atoms with Crippen molar-refractivity contribution in [3.05, 3.63) is 0 Å². The van der Waals surface area contributed by atoms with Gasteiger partial charge in [-0.15, -0.1) is 11.6 Å². The van der Waals surface area contributed by atoms with Crippen molar-refractivity contribution < 1.29 is 9.59 Å². The molecule has 0 saturated carbocycles. The van der Waals surface area contributed by atoms with Crippen molar-refractivity contribution in [2.45, 2.75) is 32.1 Å². The Labute approximate surface area is 82.8 Å².